The Bertz CT molecular complexity index is 812. The molecule has 25 heavy (non-hydrogen) atoms. The number of ether oxygens (including phenoxy) is 3. The molecular weight excluding hydrogens is 330 g/mol. The van der Waals surface area contributed by atoms with Crippen molar-refractivity contribution in [2.45, 2.75) is 6.92 Å². The van der Waals surface area contributed by atoms with Gasteiger partial charge < -0.3 is 23.9 Å². The average Bonchev–Trinajstić information content (AvgIpc) is 3.06. The van der Waals surface area contributed by atoms with Gasteiger partial charge in [-0.1, -0.05) is 0 Å². The van der Waals surface area contributed by atoms with E-state index in [1.807, 2.05) is 0 Å². The minimum atomic E-state index is -0.744. The molecule has 0 aliphatic rings. The lowest BCUT2D eigenvalue weighted by molar-refractivity contribution is -0.138. The molecule has 0 radical (unpaired) electrons. The van der Waals surface area contributed by atoms with E-state index >= 15 is 0 Å². The smallest absolute Gasteiger partial charge is 0.354 e. The molecule has 9 heteroatoms. The summed E-state index contributed by atoms with van der Waals surface area (Å²) in [6, 6.07) is 5.02. The molecule has 0 spiro atoms. The molecule has 1 aromatic heterocycles. The molecule has 9 nitrogen and oxygen atoms in total. The van der Waals surface area contributed by atoms with Gasteiger partial charge in [-0.2, -0.15) is 0 Å². The van der Waals surface area contributed by atoms with Crippen LogP contribution in [0.5, 0.6) is 5.75 Å². The lowest BCUT2D eigenvalue weighted by Gasteiger charge is -2.13. The first kappa shape index (κ1) is 18.0. The number of esters is 2. The topological polar surface area (TPSA) is 113 Å². The SMILES string of the molecule is COC(=O)/C=C(/Nc1cc(-c2nnc(C)o2)ccc1OC)C(=O)OC. The molecule has 132 valence electrons. The summed E-state index contributed by atoms with van der Waals surface area (Å²) < 4.78 is 19.8. The first-order valence-corrected chi connectivity index (χ1v) is 7.12. The molecule has 2 aromatic rings. The number of hydrogen-bond acceptors (Lipinski definition) is 9. The number of nitrogens with one attached hydrogen (secondary N) is 1. The van der Waals surface area contributed by atoms with E-state index in [4.69, 9.17) is 9.15 Å². The molecule has 0 saturated heterocycles. The molecule has 1 N–H and O–H groups in total. The Hall–Kier alpha value is -3.36. The highest BCUT2D eigenvalue weighted by Crippen LogP contribution is 2.31. The van der Waals surface area contributed by atoms with Crippen molar-refractivity contribution in [2.75, 3.05) is 26.6 Å². The second kappa shape index (κ2) is 7.95. The van der Waals surface area contributed by atoms with Crippen LogP contribution in [0.1, 0.15) is 5.89 Å². The predicted octanol–water partition coefficient (Wildman–Crippen LogP) is 1.70. The van der Waals surface area contributed by atoms with Crippen molar-refractivity contribution in [2.24, 2.45) is 0 Å². The normalized spacial score (nSPS) is 11.0. The van der Waals surface area contributed by atoms with Crippen molar-refractivity contribution in [3.8, 4) is 17.2 Å². The van der Waals surface area contributed by atoms with Crippen LogP contribution in [-0.2, 0) is 19.1 Å². The number of benzene rings is 1. The van der Waals surface area contributed by atoms with Gasteiger partial charge in [0.1, 0.15) is 11.4 Å². The van der Waals surface area contributed by atoms with Crippen LogP contribution in [0.4, 0.5) is 5.69 Å². The van der Waals surface area contributed by atoms with Crippen LogP contribution in [0.2, 0.25) is 0 Å². The average molecular weight is 347 g/mol. The Morgan fingerprint density at radius 3 is 2.48 bits per heavy atom. The van der Waals surface area contributed by atoms with E-state index < -0.39 is 11.9 Å². The maximum absolute atomic E-state index is 11.9. The van der Waals surface area contributed by atoms with Crippen molar-refractivity contribution in [3.63, 3.8) is 0 Å². The Balaban J connectivity index is 2.42. The van der Waals surface area contributed by atoms with Gasteiger partial charge in [-0.3, -0.25) is 0 Å². The Morgan fingerprint density at radius 2 is 1.92 bits per heavy atom. The lowest BCUT2D eigenvalue weighted by Crippen LogP contribution is -2.16. The number of nitrogens with zero attached hydrogens (tertiary/aromatic N) is 2. The fourth-order valence-electron chi connectivity index (χ4n) is 1.93. The Kier molecular flexibility index (Phi) is 5.72. The van der Waals surface area contributed by atoms with E-state index in [9.17, 15) is 9.59 Å². The van der Waals surface area contributed by atoms with Crippen LogP contribution < -0.4 is 10.1 Å². The maximum atomic E-state index is 11.9. The monoisotopic (exact) mass is 347 g/mol. The van der Waals surface area contributed by atoms with E-state index in [0.29, 0.717) is 28.8 Å². The summed E-state index contributed by atoms with van der Waals surface area (Å²) in [5.41, 5.74) is 0.883. The van der Waals surface area contributed by atoms with Crippen LogP contribution in [0.15, 0.2) is 34.4 Å². The second-order valence-corrected chi connectivity index (χ2v) is 4.74. The van der Waals surface area contributed by atoms with Crippen molar-refractivity contribution in [1.29, 1.82) is 0 Å². The van der Waals surface area contributed by atoms with E-state index in [-0.39, 0.29) is 5.70 Å². The zero-order valence-corrected chi connectivity index (χ0v) is 14.2. The van der Waals surface area contributed by atoms with Gasteiger partial charge in [-0.25, -0.2) is 9.59 Å². The number of aryl methyl sites for hydroxylation is 1. The third-order valence-electron chi connectivity index (χ3n) is 3.11. The second-order valence-electron chi connectivity index (χ2n) is 4.74. The van der Waals surface area contributed by atoms with Gasteiger partial charge in [0.25, 0.3) is 0 Å². The molecule has 1 heterocycles. The minimum Gasteiger partial charge on any atom is -0.495 e. The molecule has 0 saturated carbocycles. The molecule has 0 aliphatic heterocycles. The summed E-state index contributed by atoms with van der Waals surface area (Å²) in [6.45, 7) is 1.67. The van der Waals surface area contributed by atoms with Crippen LogP contribution in [0, 0.1) is 6.92 Å². The van der Waals surface area contributed by atoms with Crippen LogP contribution in [-0.4, -0.2) is 43.5 Å². The van der Waals surface area contributed by atoms with Crippen molar-refractivity contribution in [3.05, 3.63) is 35.9 Å². The summed E-state index contributed by atoms with van der Waals surface area (Å²) in [5, 5.41) is 10.5. The molecular formula is C16H17N3O6. The molecule has 0 fully saturated rings. The van der Waals surface area contributed by atoms with Gasteiger partial charge in [-0.15, -0.1) is 10.2 Å². The van der Waals surface area contributed by atoms with Crippen LogP contribution in [0.25, 0.3) is 11.5 Å². The number of anilines is 1. The highest BCUT2D eigenvalue weighted by molar-refractivity contribution is 5.99. The summed E-state index contributed by atoms with van der Waals surface area (Å²) in [6.07, 6.45) is 0.981. The van der Waals surface area contributed by atoms with Crippen molar-refractivity contribution >= 4 is 17.6 Å². The molecule has 0 aliphatic carbocycles. The first-order chi connectivity index (χ1) is 12.0. The zero-order valence-electron chi connectivity index (χ0n) is 14.2. The van der Waals surface area contributed by atoms with E-state index in [0.717, 1.165) is 6.08 Å². The zero-order chi connectivity index (χ0) is 18.4. The largest absolute Gasteiger partial charge is 0.495 e. The number of carbonyl (C=O) groups excluding carboxylic acids is 2. The fourth-order valence-corrected chi connectivity index (χ4v) is 1.93. The fraction of sp³-hybridized carbons (Fsp3) is 0.250. The summed E-state index contributed by atoms with van der Waals surface area (Å²) >= 11 is 0. The predicted molar refractivity (Wildman–Crippen MR) is 86.8 cm³/mol. The molecule has 0 bridgehead atoms. The van der Waals surface area contributed by atoms with Gasteiger partial charge in [0.15, 0.2) is 0 Å². The molecule has 1 aromatic carbocycles. The van der Waals surface area contributed by atoms with Gasteiger partial charge in [0.2, 0.25) is 11.8 Å². The molecule has 0 atom stereocenters. The van der Waals surface area contributed by atoms with E-state index in [2.05, 4.69) is 25.0 Å². The molecule has 0 unspecified atom stereocenters. The minimum absolute atomic E-state index is 0.119. The number of rotatable bonds is 6. The highest BCUT2D eigenvalue weighted by atomic mass is 16.5. The Morgan fingerprint density at radius 1 is 1.16 bits per heavy atom. The third kappa shape index (κ3) is 4.34. The van der Waals surface area contributed by atoms with Crippen molar-refractivity contribution < 1.29 is 28.2 Å². The van der Waals surface area contributed by atoms with E-state index in [1.165, 1.54) is 21.3 Å². The van der Waals surface area contributed by atoms with Gasteiger partial charge in [0.05, 0.1) is 33.1 Å². The van der Waals surface area contributed by atoms with E-state index in [1.54, 1.807) is 25.1 Å². The van der Waals surface area contributed by atoms with Crippen molar-refractivity contribution in [1.82, 2.24) is 10.2 Å². The van der Waals surface area contributed by atoms with Crippen LogP contribution in [0.3, 0.4) is 0 Å². The lowest BCUT2D eigenvalue weighted by atomic mass is 10.1. The third-order valence-corrected chi connectivity index (χ3v) is 3.11. The standard InChI is InChI=1S/C16H17N3O6/c1-9-18-19-15(25-9)10-5-6-13(22-2)11(7-10)17-12(16(21)24-4)8-14(20)23-3/h5-8,17H,1-4H3/b12-8+. The van der Waals surface area contributed by atoms with Gasteiger partial charge in [0, 0.05) is 12.5 Å². The summed E-state index contributed by atoms with van der Waals surface area (Å²) in [4.78, 5) is 23.4. The Labute approximate surface area is 143 Å². The quantitative estimate of drug-likeness (QED) is 0.616. The number of hydrogen-bond donors (Lipinski definition) is 1. The maximum Gasteiger partial charge on any atom is 0.354 e. The summed E-state index contributed by atoms with van der Waals surface area (Å²) in [7, 11) is 3.87. The first-order valence-electron chi connectivity index (χ1n) is 7.12. The van der Waals surface area contributed by atoms with Crippen LogP contribution >= 0.6 is 0 Å². The highest BCUT2D eigenvalue weighted by Gasteiger charge is 2.17. The number of aromatic nitrogens is 2. The number of carbonyl (C=O) groups is 2. The summed E-state index contributed by atoms with van der Waals surface area (Å²) in [5.74, 6) is -0.303. The molecule has 2 rings (SSSR count). The molecule has 0 amide bonds. The number of methoxy groups -OCH3 is 3. The van der Waals surface area contributed by atoms with Gasteiger partial charge in [-0.05, 0) is 18.2 Å². The van der Waals surface area contributed by atoms with Gasteiger partial charge >= 0.3 is 11.9 Å².